The van der Waals surface area contributed by atoms with Gasteiger partial charge in [0.2, 0.25) is 0 Å². The zero-order valence-electron chi connectivity index (χ0n) is 7.66. The molecule has 1 aromatic carbocycles. The van der Waals surface area contributed by atoms with Crippen LogP contribution in [0, 0.1) is 0 Å². The molecular formula is C11H12NO. The van der Waals surface area contributed by atoms with E-state index in [1.54, 1.807) is 0 Å². The van der Waals surface area contributed by atoms with Crippen LogP contribution in [0.4, 0.5) is 5.69 Å². The van der Waals surface area contributed by atoms with Gasteiger partial charge in [0.05, 0.1) is 18.0 Å². The minimum atomic E-state index is 0.616. The van der Waals surface area contributed by atoms with Crippen molar-refractivity contribution in [2.24, 2.45) is 0 Å². The third-order valence-corrected chi connectivity index (χ3v) is 1.98. The van der Waals surface area contributed by atoms with Crippen LogP contribution in [-0.2, 0) is 4.74 Å². The SMILES string of the molecule is CCOCC1=Cc2ccccc2[N]1. The van der Waals surface area contributed by atoms with Gasteiger partial charge in [-0.15, -0.1) is 0 Å². The van der Waals surface area contributed by atoms with Crippen molar-refractivity contribution in [1.29, 1.82) is 0 Å². The molecule has 0 aliphatic carbocycles. The van der Waals surface area contributed by atoms with Crippen molar-refractivity contribution < 1.29 is 4.74 Å². The third-order valence-electron chi connectivity index (χ3n) is 1.98. The van der Waals surface area contributed by atoms with Crippen LogP contribution in [0.5, 0.6) is 0 Å². The molecule has 1 radical (unpaired) electrons. The van der Waals surface area contributed by atoms with Gasteiger partial charge >= 0.3 is 0 Å². The fourth-order valence-corrected chi connectivity index (χ4v) is 1.36. The molecule has 0 aromatic heterocycles. The number of hydrogen-bond donors (Lipinski definition) is 0. The molecule has 1 aromatic rings. The van der Waals surface area contributed by atoms with E-state index in [9.17, 15) is 0 Å². The predicted octanol–water partition coefficient (Wildman–Crippen LogP) is 2.31. The van der Waals surface area contributed by atoms with Crippen molar-refractivity contribution >= 4 is 11.8 Å². The zero-order chi connectivity index (χ0) is 9.10. The van der Waals surface area contributed by atoms with Gasteiger partial charge in [-0.05, 0) is 19.1 Å². The Kier molecular flexibility index (Phi) is 2.32. The molecule has 2 nitrogen and oxygen atoms in total. The zero-order valence-corrected chi connectivity index (χ0v) is 7.66. The second-order valence-electron chi connectivity index (χ2n) is 2.94. The molecule has 0 fully saturated rings. The van der Waals surface area contributed by atoms with E-state index >= 15 is 0 Å². The van der Waals surface area contributed by atoms with Crippen molar-refractivity contribution in [2.45, 2.75) is 6.92 Å². The Morgan fingerprint density at radius 1 is 1.31 bits per heavy atom. The lowest BCUT2D eigenvalue weighted by Crippen LogP contribution is -2.02. The number of para-hydroxylation sites is 1. The van der Waals surface area contributed by atoms with Crippen LogP contribution in [-0.4, -0.2) is 13.2 Å². The normalized spacial score (nSPS) is 13.5. The number of rotatable bonds is 3. The summed E-state index contributed by atoms with van der Waals surface area (Å²) in [5.74, 6) is 0. The maximum Gasteiger partial charge on any atom is 0.0888 e. The maximum atomic E-state index is 5.29. The number of benzene rings is 1. The van der Waals surface area contributed by atoms with Gasteiger partial charge in [0.25, 0.3) is 0 Å². The summed E-state index contributed by atoms with van der Waals surface area (Å²) in [7, 11) is 0. The molecule has 1 heterocycles. The lowest BCUT2D eigenvalue weighted by Gasteiger charge is -2.01. The van der Waals surface area contributed by atoms with Crippen molar-refractivity contribution in [3.8, 4) is 0 Å². The summed E-state index contributed by atoms with van der Waals surface area (Å²) in [6.45, 7) is 3.34. The molecule has 0 atom stereocenters. The molecule has 2 heteroatoms. The minimum Gasteiger partial charge on any atom is -0.375 e. The molecule has 1 aliphatic rings. The fourth-order valence-electron chi connectivity index (χ4n) is 1.36. The van der Waals surface area contributed by atoms with E-state index in [0.29, 0.717) is 6.61 Å². The van der Waals surface area contributed by atoms with E-state index in [1.165, 1.54) is 5.56 Å². The first kappa shape index (κ1) is 8.32. The number of ether oxygens (including phenoxy) is 1. The Labute approximate surface area is 78.2 Å². The van der Waals surface area contributed by atoms with Crippen LogP contribution in [0.1, 0.15) is 12.5 Å². The van der Waals surface area contributed by atoms with Gasteiger partial charge in [-0.3, -0.25) is 5.32 Å². The van der Waals surface area contributed by atoms with Crippen LogP contribution in [0.2, 0.25) is 0 Å². The summed E-state index contributed by atoms with van der Waals surface area (Å²) in [6.07, 6.45) is 2.07. The summed E-state index contributed by atoms with van der Waals surface area (Å²) < 4.78 is 5.29. The molecular weight excluding hydrogens is 162 g/mol. The van der Waals surface area contributed by atoms with E-state index in [-0.39, 0.29) is 0 Å². The first-order valence-corrected chi connectivity index (χ1v) is 4.49. The Hall–Kier alpha value is -1.28. The quantitative estimate of drug-likeness (QED) is 0.689. The minimum absolute atomic E-state index is 0.616. The van der Waals surface area contributed by atoms with Crippen molar-refractivity contribution in [1.82, 2.24) is 5.32 Å². The first-order valence-electron chi connectivity index (χ1n) is 4.49. The van der Waals surface area contributed by atoms with Gasteiger partial charge < -0.3 is 4.74 Å². The highest BCUT2D eigenvalue weighted by molar-refractivity contribution is 5.71. The van der Waals surface area contributed by atoms with Crippen molar-refractivity contribution in [3.05, 3.63) is 35.5 Å². The molecule has 0 bridgehead atoms. The van der Waals surface area contributed by atoms with Crippen molar-refractivity contribution in [2.75, 3.05) is 13.2 Å². The molecule has 0 spiro atoms. The molecule has 2 rings (SSSR count). The fraction of sp³-hybridized carbons (Fsp3) is 0.273. The molecule has 1 aliphatic heterocycles. The molecule has 0 saturated heterocycles. The van der Waals surface area contributed by atoms with Gasteiger partial charge in [-0.25, -0.2) is 0 Å². The van der Waals surface area contributed by atoms with Crippen LogP contribution in [0.25, 0.3) is 6.08 Å². The second kappa shape index (κ2) is 3.62. The second-order valence-corrected chi connectivity index (χ2v) is 2.94. The number of hydrogen-bond acceptors (Lipinski definition) is 1. The summed E-state index contributed by atoms with van der Waals surface area (Å²) in [4.78, 5) is 0. The predicted molar refractivity (Wildman–Crippen MR) is 52.7 cm³/mol. The van der Waals surface area contributed by atoms with Gasteiger partial charge in [0, 0.05) is 12.2 Å². The van der Waals surface area contributed by atoms with Gasteiger partial charge in [0.1, 0.15) is 0 Å². The topological polar surface area (TPSA) is 23.3 Å². The van der Waals surface area contributed by atoms with E-state index < -0.39 is 0 Å². The van der Waals surface area contributed by atoms with E-state index in [4.69, 9.17) is 4.74 Å². The summed E-state index contributed by atoms with van der Waals surface area (Å²) in [6, 6.07) is 8.11. The van der Waals surface area contributed by atoms with Gasteiger partial charge in [0.15, 0.2) is 0 Å². The Bertz CT molecular complexity index is 331. The summed E-state index contributed by atoms with van der Waals surface area (Å²) in [5, 5.41) is 4.43. The Morgan fingerprint density at radius 2 is 2.15 bits per heavy atom. The van der Waals surface area contributed by atoms with Crippen LogP contribution >= 0.6 is 0 Å². The number of fused-ring (bicyclic) bond motifs is 1. The standard InChI is InChI=1S/C11H12NO/c1-2-13-8-10-7-9-5-3-4-6-11(9)12-10/h3-7H,2,8H2,1H3. The maximum absolute atomic E-state index is 5.29. The lowest BCUT2D eigenvalue weighted by molar-refractivity contribution is 0.168. The van der Waals surface area contributed by atoms with Gasteiger partial charge in [-0.1, -0.05) is 18.2 Å². The lowest BCUT2D eigenvalue weighted by atomic mass is 10.2. The largest absolute Gasteiger partial charge is 0.375 e. The molecule has 0 saturated carbocycles. The molecule has 0 amide bonds. The first-order chi connectivity index (χ1) is 6.40. The van der Waals surface area contributed by atoms with Crippen LogP contribution < -0.4 is 5.32 Å². The smallest absolute Gasteiger partial charge is 0.0888 e. The average Bonchev–Trinajstić information content (AvgIpc) is 2.57. The molecule has 0 N–H and O–H groups in total. The third kappa shape index (κ3) is 1.73. The summed E-state index contributed by atoms with van der Waals surface area (Å²) >= 11 is 0. The van der Waals surface area contributed by atoms with Crippen LogP contribution in [0.15, 0.2) is 30.0 Å². The highest BCUT2D eigenvalue weighted by Crippen LogP contribution is 2.26. The Balaban J connectivity index is 2.08. The molecule has 67 valence electrons. The number of nitrogens with zero attached hydrogens (tertiary/aromatic N) is 1. The molecule has 13 heavy (non-hydrogen) atoms. The highest BCUT2D eigenvalue weighted by Gasteiger charge is 2.11. The molecule has 0 unspecified atom stereocenters. The Morgan fingerprint density at radius 3 is 2.92 bits per heavy atom. The summed E-state index contributed by atoms with van der Waals surface area (Å²) in [5.41, 5.74) is 3.26. The van der Waals surface area contributed by atoms with Crippen LogP contribution in [0.3, 0.4) is 0 Å². The van der Waals surface area contributed by atoms with Gasteiger partial charge in [-0.2, -0.15) is 0 Å². The van der Waals surface area contributed by atoms with E-state index in [2.05, 4.69) is 17.5 Å². The van der Waals surface area contributed by atoms with E-state index in [0.717, 1.165) is 18.0 Å². The van der Waals surface area contributed by atoms with Crippen molar-refractivity contribution in [3.63, 3.8) is 0 Å². The monoisotopic (exact) mass is 174 g/mol. The van der Waals surface area contributed by atoms with E-state index in [1.807, 2.05) is 25.1 Å². The average molecular weight is 174 g/mol. The highest BCUT2D eigenvalue weighted by atomic mass is 16.5.